The summed E-state index contributed by atoms with van der Waals surface area (Å²) in [5, 5.41) is 9.55. The number of hydrogen-bond donors (Lipinski definition) is 1. The first-order valence-electron chi connectivity index (χ1n) is 9.94. The van der Waals surface area contributed by atoms with Gasteiger partial charge in [-0.15, -0.1) is 0 Å². The van der Waals surface area contributed by atoms with E-state index in [2.05, 4.69) is 36.4 Å². The number of ether oxygens (including phenoxy) is 1. The Morgan fingerprint density at radius 2 is 1.68 bits per heavy atom. The normalized spacial score (nSPS) is 17.6. The molecule has 2 aromatic rings. The molecule has 2 aliphatic rings. The smallest absolute Gasteiger partial charge is 0.409 e. The van der Waals surface area contributed by atoms with E-state index in [-0.39, 0.29) is 24.2 Å². The molecule has 2 aromatic carbocycles. The molecule has 0 atom stereocenters. The number of hydrogen-bond acceptors (Lipinski definition) is 4. The number of carbonyl (C=O) groups excluding carboxylic acids is 1. The zero-order chi connectivity index (χ0) is 19.6. The lowest BCUT2D eigenvalue weighted by Crippen LogP contribution is -2.52. The van der Waals surface area contributed by atoms with Crippen molar-refractivity contribution in [3.8, 4) is 11.1 Å². The minimum Gasteiger partial charge on any atom is -0.448 e. The molecule has 0 saturated carbocycles. The van der Waals surface area contributed by atoms with Crippen LogP contribution < -0.4 is 0 Å². The van der Waals surface area contributed by atoms with E-state index in [4.69, 9.17) is 4.74 Å². The Kier molecular flexibility index (Phi) is 5.65. The largest absolute Gasteiger partial charge is 0.448 e. The maximum absolute atomic E-state index is 12.9. The maximum Gasteiger partial charge on any atom is 0.409 e. The summed E-state index contributed by atoms with van der Waals surface area (Å²) in [4.78, 5) is 14.7. The molecule has 1 saturated heterocycles. The van der Waals surface area contributed by atoms with Gasteiger partial charge < -0.3 is 14.7 Å². The van der Waals surface area contributed by atoms with E-state index in [1.54, 1.807) is 4.90 Å². The predicted octanol–water partition coefficient (Wildman–Crippen LogP) is 4.52. The Hall–Kier alpha value is -1.98. The number of benzene rings is 2. The summed E-state index contributed by atoms with van der Waals surface area (Å²) in [6.07, 6.45) is 2.12. The van der Waals surface area contributed by atoms with Crippen molar-refractivity contribution in [2.45, 2.75) is 30.7 Å². The second kappa shape index (κ2) is 8.18. The second-order valence-electron chi connectivity index (χ2n) is 7.67. The van der Waals surface area contributed by atoms with Gasteiger partial charge in [-0.3, -0.25) is 0 Å². The molecule has 0 bridgehead atoms. The zero-order valence-corrected chi connectivity index (χ0v) is 17.1. The van der Waals surface area contributed by atoms with Gasteiger partial charge in [-0.2, -0.15) is 11.8 Å². The Morgan fingerprint density at radius 3 is 2.25 bits per heavy atom. The number of nitrogens with zero attached hydrogens (tertiary/aromatic N) is 1. The molecule has 0 spiro atoms. The van der Waals surface area contributed by atoms with Crippen molar-refractivity contribution in [1.82, 2.24) is 4.90 Å². The molecule has 0 unspecified atom stereocenters. The van der Waals surface area contributed by atoms with Crippen LogP contribution in [0.3, 0.4) is 0 Å². The first-order chi connectivity index (χ1) is 13.7. The van der Waals surface area contributed by atoms with Crippen molar-refractivity contribution in [3.63, 3.8) is 0 Å². The van der Waals surface area contributed by atoms with Gasteiger partial charge in [0.05, 0.1) is 0 Å². The number of aliphatic hydroxyl groups excluding tert-OH is 1. The molecule has 1 amide bonds. The minimum absolute atomic E-state index is 0.0699. The van der Waals surface area contributed by atoms with E-state index in [0.29, 0.717) is 13.0 Å². The fraction of sp³-hybridized carbons (Fsp3) is 0.435. The van der Waals surface area contributed by atoms with Crippen molar-refractivity contribution in [2.75, 3.05) is 31.8 Å². The topological polar surface area (TPSA) is 49.8 Å². The third kappa shape index (κ3) is 3.42. The van der Waals surface area contributed by atoms with Crippen molar-refractivity contribution in [2.24, 2.45) is 0 Å². The summed E-state index contributed by atoms with van der Waals surface area (Å²) in [5.74, 6) is 2.10. The van der Waals surface area contributed by atoms with Crippen LogP contribution in [0.4, 0.5) is 4.79 Å². The average molecular weight is 398 g/mol. The van der Waals surface area contributed by atoms with E-state index in [1.807, 2.05) is 30.9 Å². The lowest BCUT2D eigenvalue weighted by atomic mass is 9.87. The van der Waals surface area contributed by atoms with E-state index in [0.717, 1.165) is 24.3 Å². The van der Waals surface area contributed by atoms with Gasteiger partial charge in [0.15, 0.2) is 0 Å². The molecular weight excluding hydrogens is 370 g/mol. The van der Waals surface area contributed by atoms with Crippen LogP contribution in [0.2, 0.25) is 0 Å². The van der Waals surface area contributed by atoms with Gasteiger partial charge in [0, 0.05) is 25.1 Å². The molecule has 0 aromatic heterocycles. The Labute approximate surface area is 170 Å². The molecule has 4 nitrogen and oxygen atoms in total. The highest BCUT2D eigenvalue weighted by Gasteiger charge is 2.39. The van der Waals surface area contributed by atoms with E-state index in [9.17, 15) is 9.90 Å². The first kappa shape index (κ1) is 19.3. The Balaban J connectivity index is 1.50. The monoisotopic (exact) mass is 397 g/mol. The Morgan fingerprint density at radius 1 is 1.11 bits per heavy atom. The molecule has 1 heterocycles. The van der Waals surface area contributed by atoms with Crippen molar-refractivity contribution in [3.05, 3.63) is 59.7 Å². The lowest BCUT2D eigenvalue weighted by molar-refractivity contribution is 0.0446. The number of rotatable bonds is 5. The number of amides is 1. The SMILES string of the molecule is CN(C(=O)OCC1c2ccccc2-c2ccccc21)C1(CCO)CCSCC1. The van der Waals surface area contributed by atoms with Gasteiger partial charge in [0.1, 0.15) is 6.61 Å². The molecular formula is C23H27NO3S. The fourth-order valence-electron chi connectivity index (χ4n) is 4.60. The van der Waals surface area contributed by atoms with Crippen LogP contribution in [0.5, 0.6) is 0 Å². The van der Waals surface area contributed by atoms with Crippen molar-refractivity contribution >= 4 is 17.9 Å². The van der Waals surface area contributed by atoms with Gasteiger partial charge in [-0.1, -0.05) is 48.5 Å². The van der Waals surface area contributed by atoms with Gasteiger partial charge in [0.25, 0.3) is 0 Å². The summed E-state index contributed by atoms with van der Waals surface area (Å²) >= 11 is 1.91. The molecule has 4 rings (SSSR count). The highest BCUT2D eigenvalue weighted by atomic mass is 32.2. The number of fused-ring (bicyclic) bond motifs is 3. The Bertz CT molecular complexity index is 796. The maximum atomic E-state index is 12.9. The number of thioether (sulfide) groups is 1. The van der Waals surface area contributed by atoms with E-state index in [1.165, 1.54) is 22.3 Å². The van der Waals surface area contributed by atoms with Gasteiger partial charge in [-0.25, -0.2) is 4.79 Å². The molecule has 1 N–H and O–H groups in total. The van der Waals surface area contributed by atoms with Crippen LogP contribution in [0.15, 0.2) is 48.5 Å². The molecule has 1 aliphatic heterocycles. The summed E-state index contributed by atoms with van der Waals surface area (Å²) in [5.41, 5.74) is 4.61. The van der Waals surface area contributed by atoms with Crippen LogP contribution in [0.25, 0.3) is 11.1 Å². The van der Waals surface area contributed by atoms with Gasteiger partial charge >= 0.3 is 6.09 Å². The quantitative estimate of drug-likeness (QED) is 0.806. The summed E-state index contributed by atoms with van der Waals surface area (Å²) < 4.78 is 5.82. The second-order valence-corrected chi connectivity index (χ2v) is 8.90. The third-order valence-corrected chi connectivity index (χ3v) is 7.31. The standard InChI is InChI=1S/C23H27NO3S/c1-24(23(10-13-25)11-14-28-15-12-23)22(26)27-16-21-19-8-4-2-6-17(19)18-7-3-5-9-20(18)21/h2-9,21,25H,10-16H2,1H3. The summed E-state index contributed by atoms with van der Waals surface area (Å²) in [7, 11) is 1.82. The third-order valence-electron chi connectivity index (χ3n) is 6.32. The highest BCUT2D eigenvalue weighted by Crippen LogP contribution is 2.44. The van der Waals surface area contributed by atoms with Crippen LogP contribution in [-0.4, -0.2) is 53.4 Å². The van der Waals surface area contributed by atoms with Crippen molar-refractivity contribution in [1.29, 1.82) is 0 Å². The molecule has 28 heavy (non-hydrogen) atoms. The molecule has 148 valence electrons. The van der Waals surface area contributed by atoms with Gasteiger partial charge in [0.2, 0.25) is 0 Å². The zero-order valence-electron chi connectivity index (χ0n) is 16.3. The summed E-state index contributed by atoms with van der Waals surface area (Å²) in [6.45, 7) is 0.423. The van der Waals surface area contributed by atoms with Crippen molar-refractivity contribution < 1.29 is 14.6 Å². The average Bonchev–Trinajstić information content (AvgIpc) is 3.06. The van der Waals surface area contributed by atoms with E-state index >= 15 is 0 Å². The fourth-order valence-corrected chi connectivity index (χ4v) is 5.85. The lowest BCUT2D eigenvalue weighted by Gasteiger charge is -2.43. The van der Waals surface area contributed by atoms with Crippen LogP contribution in [0, 0.1) is 0 Å². The van der Waals surface area contributed by atoms with Crippen LogP contribution in [-0.2, 0) is 4.74 Å². The minimum atomic E-state index is -0.290. The van der Waals surface area contributed by atoms with Crippen LogP contribution >= 0.6 is 11.8 Å². The van der Waals surface area contributed by atoms with Crippen LogP contribution in [0.1, 0.15) is 36.3 Å². The highest BCUT2D eigenvalue weighted by molar-refractivity contribution is 7.99. The molecule has 0 radical (unpaired) electrons. The molecule has 1 fully saturated rings. The molecule has 5 heteroatoms. The number of carbonyl (C=O) groups is 1. The predicted molar refractivity (Wildman–Crippen MR) is 114 cm³/mol. The van der Waals surface area contributed by atoms with E-state index < -0.39 is 0 Å². The summed E-state index contributed by atoms with van der Waals surface area (Å²) in [6, 6.07) is 16.7. The first-order valence-corrected chi connectivity index (χ1v) is 11.1. The molecule has 1 aliphatic carbocycles. The number of aliphatic hydroxyl groups is 1. The van der Waals surface area contributed by atoms with Gasteiger partial charge in [-0.05, 0) is 53.0 Å².